The zero-order valence-corrected chi connectivity index (χ0v) is 11.7. The van der Waals surface area contributed by atoms with E-state index in [1.54, 1.807) is 24.4 Å². The van der Waals surface area contributed by atoms with Crippen LogP contribution in [0.3, 0.4) is 0 Å². The van der Waals surface area contributed by atoms with E-state index in [0.29, 0.717) is 5.69 Å². The first-order valence-electron chi connectivity index (χ1n) is 6.50. The number of pyridine rings is 1. The Morgan fingerprint density at radius 1 is 1.23 bits per heavy atom. The molecule has 1 N–H and O–H groups in total. The summed E-state index contributed by atoms with van der Waals surface area (Å²) in [5.74, 6) is 0.265. The van der Waals surface area contributed by atoms with Crippen LogP contribution in [0.1, 0.15) is 0 Å². The highest BCUT2D eigenvalue weighted by molar-refractivity contribution is 5.55. The molecule has 9 heteroatoms. The fourth-order valence-electron chi connectivity index (χ4n) is 1.98. The van der Waals surface area contributed by atoms with E-state index in [2.05, 4.69) is 20.1 Å². The van der Waals surface area contributed by atoms with Crippen molar-refractivity contribution in [2.75, 3.05) is 6.61 Å². The van der Waals surface area contributed by atoms with Crippen LogP contribution in [-0.2, 0) is 13.6 Å². The lowest BCUT2D eigenvalue weighted by molar-refractivity contribution is 0.268. The second kappa shape index (κ2) is 5.45. The number of fused-ring (bicyclic) bond motifs is 1. The van der Waals surface area contributed by atoms with Gasteiger partial charge in [-0.3, -0.25) is 14.3 Å². The van der Waals surface area contributed by atoms with E-state index < -0.39 is 11.2 Å². The van der Waals surface area contributed by atoms with Crippen molar-refractivity contribution in [3.8, 4) is 23.0 Å². The highest BCUT2D eigenvalue weighted by Crippen LogP contribution is 2.16. The van der Waals surface area contributed by atoms with E-state index in [0.717, 1.165) is 4.57 Å². The van der Waals surface area contributed by atoms with Crippen molar-refractivity contribution >= 4 is 0 Å². The molecule has 3 rings (SSSR count). The lowest BCUT2D eigenvalue weighted by Gasteiger charge is -2.13. The molecule has 0 saturated heterocycles. The summed E-state index contributed by atoms with van der Waals surface area (Å²) in [6, 6.07) is 5.21. The highest BCUT2D eigenvalue weighted by Gasteiger charge is 2.20. The zero-order chi connectivity index (χ0) is 15.7. The molecule has 22 heavy (non-hydrogen) atoms. The van der Waals surface area contributed by atoms with Crippen molar-refractivity contribution in [1.82, 2.24) is 29.3 Å². The van der Waals surface area contributed by atoms with Gasteiger partial charge < -0.3 is 5.11 Å². The molecule has 0 atom stereocenters. The maximum Gasteiger partial charge on any atom is 0.352 e. The third-order valence-electron chi connectivity index (χ3n) is 3.09. The largest absolute Gasteiger partial charge is 0.394 e. The summed E-state index contributed by atoms with van der Waals surface area (Å²) in [5.41, 5.74) is -0.782. The minimum Gasteiger partial charge on any atom is -0.394 e. The number of rotatable bonds is 3. The molecule has 0 bridgehead atoms. The normalized spacial score (nSPS) is 11.0. The van der Waals surface area contributed by atoms with Gasteiger partial charge in [0, 0.05) is 13.2 Å². The van der Waals surface area contributed by atoms with Crippen molar-refractivity contribution in [1.29, 1.82) is 0 Å². The molecule has 2 aliphatic rings. The van der Waals surface area contributed by atoms with Crippen molar-refractivity contribution < 1.29 is 5.11 Å². The van der Waals surface area contributed by atoms with Gasteiger partial charge in [0.15, 0.2) is 17.3 Å². The third-order valence-corrected chi connectivity index (χ3v) is 3.09. The third kappa shape index (κ3) is 2.27. The van der Waals surface area contributed by atoms with Crippen molar-refractivity contribution in [3.63, 3.8) is 0 Å². The van der Waals surface area contributed by atoms with E-state index in [1.807, 2.05) is 0 Å². The average Bonchev–Trinajstić information content (AvgIpc) is 2.54. The Morgan fingerprint density at radius 2 is 2.05 bits per heavy atom. The molecule has 0 fully saturated rings. The van der Waals surface area contributed by atoms with E-state index >= 15 is 0 Å². The summed E-state index contributed by atoms with van der Waals surface area (Å²) in [4.78, 5) is 36.0. The lowest BCUT2D eigenvalue weighted by Crippen LogP contribution is -2.37. The Balaban J connectivity index is 2.36. The summed E-state index contributed by atoms with van der Waals surface area (Å²) >= 11 is 0. The number of hydrogen-bond donors (Lipinski definition) is 1. The Labute approximate surface area is 123 Å². The first-order valence-corrected chi connectivity index (χ1v) is 6.50. The molecule has 2 aliphatic heterocycles. The van der Waals surface area contributed by atoms with Gasteiger partial charge in [0.1, 0.15) is 5.69 Å². The molecule has 0 spiro atoms. The molecular weight excluding hydrogens is 288 g/mol. The molecule has 1 aromatic heterocycles. The van der Waals surface area contributed by atoms with Crippen LogP contribution >= 0.6 is 0 Å². The van der Waals surface area contributed by atoms with Crippen LogP contribution in [-0.4, -0.2) is 41.0 Å². The molecule has 1 aromatic rings. The highest BCUT2D eigenvalue weighted by atomic mass is 16.3. The molecule has 0 radical (unpaired) electrons. The SMILES string of the molecule is Cn1c(=O)nc2n(CCO)nc(-c3ccccn3)nc-2c1=O. The number of nitrogens with zero attached hydrogens (tertiary/aromatic N) is 6. The quantitative estimate of drug-likeness (QED) is 0.652. The van der Waals surface area contributed by atoms with Crippen LogP contribution < -0.4 is 11.2 Å². The summed E-state index contributed by atoms with van der Waals surface area (Å²) in [6.07, 6.45) is 1.58. The predicted octanol–water partition coefficient (Wildman–Crippen LogP) is -1.11. The topological polar surface area (TPSA) is 116 Å². The van der Waals surface area contributed by atoms with Crippen molar-refractivity contribution in [2.45, 2.75) is 6.54 Å². The summed E-state index contributed by atoms with van der Waals surface area (Å²) in [5, 5.41) is 13.4. The Hall–Kier alpha value is -2.94. The Morgan fingerprint density at radius 3 is 2.73 bits per heavy atom. The van der Waals surface area contributed by atoms with E-state index in [4.69, 9.17) is 5.11 Å². The average molecular weight is 300 g/mol. The molecule has 0 aromatic carbocycles. The monoisotopic (exact) mass is 300 g/mol. The standard InChI is InChI=1S/C13H12N6O3/c1-18-12(21)9-11(16-13(18)22)19(6-7-20)17-10(15-9)8-4-2-3-5-14-8/h2-5,20H,6-7H2,1H3. The smallest absolute Gasteiger partial charge is 0.352 e. The second-order valence-electron chi connectivity index (χ2n) is 4.53. The van der Waals surface area contributed by atoms with E-state index in [-0.39, 0.29) is 30.5 Å². The van der Waals surface area contributed by atoms with Crippen molar-refractivity contribution in [3.05, 3.63) is 45.2 Å². The zero-order valence-electron chi connectivity index (χ0n) is 11.7. The van der Waals surface area contributed by atoms with Crippen LogP contribution in [0.2, 0.25) is 0 Å². The maximum atomic E-state index is 12.2. The number of aliphatic hydroxyl groups excluding tert-OH is 1. The second-order valence-corrected chi connectivity index (χ2v) is 4.53. The lowest BCUT2D eigenvalue weighted by atomic mass is 10.3. The summed E-state index contributed by atoms with van der Waals surface area (Å²) in [7, 11) is 1.33. The van der Waals surface area contributed by atoms with Gasteiger partial charge in [0.2, 0.25) is 0 Å². The van der Waals surface area contributed by atoms with Crippen LogP contribution in [0, 0.1) is 0 Å². The van der Waals surface area contributed by atoms with Gasteiger partial charge in [-0.1, -0.05) is 6.07 Å². The molecule has 112 valence electrons. The Bertz CT molecular complexity index is 902. The summed E-state index contributed by atoms with van der Waals surface area (Å²) in [6.45, 7) is -0.137. The van der Waals surface area contributed by atoms with Crippen LogP contribution in [0.25, 0.3) is 23.0 Å². The first-order chi connectivity index (χ1) is 10.6. The van der Waals surface area contributed by atoms with Gasteiger partial charge in [-0.05, 0) is 12.1 Å². The molecule has 0 unspecified atom stereocenters. The minimum absolute atomic E-state index is 0.00574. The van der Waals surface area contributed by atoms with Crippen LogP contribution in [0.5, 0.6) is 0 Å². The van der Waals surface area contributed by atoms with E-state index in [9.17, 15) is 9.59 Å². The van der Waals surface area contributed by atoms with Gasteiger partial charge in [-0.25, -0.2) is 14.5 Å². The minimum atomic E-state index is -0.696. The number of hydrogen-bond acceptors (Lipinski definition) is 7. The van der Waals surface area contributed by atoms with Crippen molar-refractivity contribution in [2.24, 2.45) is 7.05 Å². The van der Waals surface area contributed by atoms with Gasteiger partial charge >= 0.3 is 5.69 Å². The summed E-state index contributed by atoms with van der Waals surface area (Å²) < 4.78 is 2.16. The molecule has 9 nitrogen and oxygen atoms in total. The van der Waals surface area contributed by atoms with Crippen LogP contribution in [0.4, 0.5) is 0 Å². The maximum absolute atomic E-state index is 12.2. The Kier molecular flexibility index (Phi) is 3.47. The fourth-order valence-corrected chi connectivity index (χ4v) is 1.98. The van der Waals surface area contributed by atoms with Gasteiger partial charge in [0.25, 0.3) is 5.56 Å². The molecular formula is C13H12N6O3. The molecule has 3 heterocycles. The van der Waals surface area contributed by atoms with E-state index in [1.165, 1.54) is 11.7 Å². The molecule has 0 amide bonds. The first kappa shape index (κ1) is 14.0. The van der Waals surface area contributed by atoms with Gasteiger partial charge in [0.05, 0.1) is 13.2 Å². The fraction of sp³-hybridized carbons (Fsp3) is 0.231. The molecule has 0 saturated carbocycles. The van der Waals surface area contributed by atoms with Gasteiger partial charge in [-0.2, -0.15) is 4.98 Å². The molecule has 0 aliphatic carbocycles. The number of aromatic nitrogens is 6. The van der Waals surface area contributed by atoms with Crippen LogP contribution in [0.15, 0.2) is 34.0 Å². The predicted molar refractivity (Wildman–Crippen MR) is 76.3 cm³/mol. The number of aliphatic hydroxyl groups is 1. The van der Waals surface area contributed by atoms with Gasteiger partial charge in [-0.15, -0.1) is 5.10 Å².